The Morgan fingerprint density at radius 2 is 1.67 bits per heavy atom. The molecule has 3 aromatic carbocycles. The molecule has 1 unspecified atom stereocenters. The van der Waals surface area contributed by atoms with Gasteiger partial charge in [-0.25, -0.2) is 4.79 Å². The number of phenols is 1. The van der Waals surface area contributed by atoms with Crippen LogP contribution in [0.1, 0.15) is 49.1 Å². The molecule has 0 bridgehead atoms. The summed E-state index contributed by atoms with van der Waals surface area (Å²) < 4.78 is 10.9. The number of carbonyl (C=O) groups is 2. The van der Waals surface area contributed by atoms with Crippen LogP contribution in [0.25, 0.3) is 0 Å². The summed E-state index contributed by atoms with van der Waals surface area (Å²) in [4.78, 5) is 25.9. The lowest BCUT2D eigenvalue weighted by molar-refractivity contribution is -0.152. The molecule has 0 fully saturated rings. The van der Waals surface area contributed by atoms with E-state index in [0.29, 0.717) is 23.7 Å². The van der Waals surface area contributed by atoms with Crippen LogP contribution in [0.5, 0.6) is 17.2 Å². The predicted molar refractivity (Wildman–Crippen MR) is 140 cm³/mol. The van der Waals surface area contributed by atoms with Crippen LogP contribution >= 0.6 is 0 Å². The molecule has 2 N–H and O–H groups in total. The maximum absolute atomic E-state index is 12.0. The highest BCUT2D eigenvalue weighted by molar-refractivity contribution is 6.37. The van der Waals surface area contributed by atoms with Gasteiger partial charge in [0, 0.05) is 23.8 Å². The molecule has 0 aliphatic rings. The van der Waals surface area contributed by atoms with E-state index in [1.807, 2.05) is 38.1 Å². The van der Waals surface area contributed by atoms with Crippen molar-refractivity contribution in [2.24, 2.45) is 0 Å². The Bertz CT molecular complexity index is 1190. The molecule has 36 heavy (non-hydrogen) atoms. The molecule has 0 aromatic heterocycles. The lowest BCUT2D eigenvalue weighted by Gasteiger charge is -2.28. The number of ether oxygens (including phenoxy) is 2. The second-order valence-electron chi connectivity index (χ2n) is 8.66. The normalized spacial score (nSPS) is 11.7. The van der Waals surface area contributed by atoms with Gasteiger partial charge in [-0.15, -0.1) is 0 Å². The number of carbonyl (C=O) groups excluding carboxylic acids is 2. The second kappa shape index (κ2) is 12.2. The predicted octanol–water partition coefficient (Wildman–Crippen LogP) is 5.89. The molecule has 0 spiro atoms. The molecule has 1 atom stereocenters. The minimum absolute atomic E-state index is 0.132. The van der Waals surface area contributed by atoms with Crippen molar-refractivity contribution in [1.82, 2.24) is 4.90 Å². The number of esters is 1. The van der Waals surface area contributed by atoms with Crippen LogP contribution in [-0.2, 0) is 20.9 Å². The van der Waals surface area contributed by atoms with Crippen molar-refractivity contribution in [3.8, 4) is 17.2 Å². The van der Waals surface area contributed by atoms with Gasteiger partial charge in [-0.2, -0.15) is 0 Å². The van der Waals surface area contributed by atoms with E-state index in [1.54, 1.807) is 31.2 Å². The molecule has 1 amide bonds. The first-order valence-electron chi connectivity index (χ1n) is 12.1. The molecule has 3 rings (SSSR count). The van der Waals surface area contributed by atoms with E-state index in [-0.39, 0.29) is 18.4 Å². The molecule has 0 radical (unpaired) electrons. The Labute approximate surface area is 212 Å². The number of aryl methyl sites for hydroxylation is 2. The van der Waals surface area contributed by atoms with Crippen molar-refractivity contribution >= 4 is 17.6 Å². The van der Waals surface area contributed by atoms with Crippen LogP contribution in [-0.4, -0.2) is 35.0 Å². The van der Waals surface area contributed by atoms with Gasteiger partial charge in [0.05, 0.1) is 6.61 Å². The third-order valence-corrected chi connectivity index (χ3v) is 6.06. The van der Waals surface area contributed by atoms with Crippen LogP contribution in [0.2, 0.25) is 0 Å². The zero-order chi connectivity index (χ0) is 26.2. The fourth-order valence-corrected chi connectivity index (χ4v) is 4.12. The quantitative estimate of drug-likeness (QED) is 0.287. The number of aromatic hydroxyl groups is 1. The molecular weight excluding hydrogens is 456 g/mol. The average molecular weight is 491 g/mol. The Hall–Kier alpha value is -3.84. The first-order valence-corrected chi connectivity index (χ1v) is 12.1. The molecule has 0 aliphatic heterocycles. The van der Waals surface area contributed by atoms with Gasteiger partial charge in [0.2, 0.25) is 0 Å². The number of hydrogen-bond donors (Lipinski definition) is 2. The number of nitrogens with zero attached hydrogens (tertiary/aromatic N) is 1. The number of phenolic OH excluding ortho intramolecular Hbond substituents is 1. The maximum atomic E-state index is 12.0. The summed E-state index contributed by atoms with van der Waals surface area (Å²) in [6.07, 6.45) is 0. The van der Waals surface area contributed by atoms with Crippen molar-refractivity contribution in [2.75, 3.05) is 18.5 Å². The van der Waals surface area contributed by atoms with E-state index in [9.17, 15) is 14.7 Å². The van der Waals surface area contributed by atoms with Crippen molar-refractivity contribution in [3.05, 3.63) is 82.9 Å². The zero-order valence-electron chi connectivity index (χ0n) is 21.5. The van der Waals surface area contributed by atoms with Crippen LogP contribution in [0.4, 0.5) is 5.69 Å². The molecular formula is C29H34N2O5. The highest BCUT2D eigenvalue weighted by atomic mass is 16.5. The van der Waals surface area contributed by atoms with Gasteiger partial charge in [0.1, 0.15) is 17.2 Å². The van der Waals surface area contributed by atoms with E-state index in [1.165, 1.54) is 5.56 Å². The lowest BCUT2D eigenvalue weighted by atomic mass is 10.1. The number of amides is 1. The summed E-state index contributed by atoms with van der Waals surface area (Å²) >= 11 is 0. The zero-order valence-corrected chi connectivity index (χ0v) is 21.5. The SMILES string of the molecule is CCOC(=O)C(=O)Nc1cc(C)c(Oc2ccc(O)c(CN(CC)C(C)c3ccccc3)c2)c(C)c1. The van der Waals surface area contributed by atoms with Gasteiger partial charge in [-0.1, -0.05) is 37.3 Å². The van der Waals surface area contributed by atoms with Crippen molar-refractivity contribution in [3.63, 3.8) is 0 Å². The highest BCUT2D eigenvalue weighted by Crippen LogP contribution is 2.34. The van der Waals surface area contributed by atoms with E-state index in [2.05, 4.69) is 36.2 Å². The summed E-state index contributed by atoms with van der Waals surface area (Å²) in [5.74, 6) is -0.289. The van der Waals surface area contributed by atoms with Crippen LogP contribution in [0.3, 0.4) is 0 Å². The Balaban J connectivity index is 1.78. The largest absolute Gasteiger partial charge is 0.508 e. The van der Waals surface area contributed by atoms with E-state index in [0.717, 1.165) is 23.2 Å². The van der Waals surface area contributed by atoms with Crippen LogP contribution < -0.4 is 10.1 Å². The Morgan fingerprint density at radius 3 is 2.28 bits per heavy atom. The summed E-state index contributed by atoms with van der Waals surface area (Å²) in [6, 6.07) is 19.2. The van der Waals surface area contributed by atoms with Gasteiger partial charge in [-0.05, 0) is 81.3 Å². The minimum Gasteiger partial charge on any atom is -0.508 e. The van der Waals surface area contributed by atoms with E-state index < -0.39 is 11.9 Å². The Morgan fingerprint density at radius 1 is 1.00 bits per heavy atom. The molecule has 7 heteroatoms. The third kappa shape index (κ3) is 6.64. The standard InChI is InChI=1S/C29H34N2O5/c1-6-31(21(5)22-11-9-8-10-12-22)18-23-17-25(13-14-26(23)32)36-27-19(3)15-24(16-20(27)4)30-28(33)29(34)35-7-2/h8-17,21,32H,6-7,18H2,1-5H3,(H,30,33). The second-order valence-corrected chi connectivity index (χ2v) is 8.66. The first kappa shape index (κ1) is 26.8. The van der Waals surface area contributed by atoms with Crippen LogP contribution in [0, 0.1) is 13.8 Å². The molecule has 0 aliphatic carbocycles. The fraction of sp³-hybridized carbons (Fsp3) is 0.310. The number of anilines is 1. The fourth-order valence-electron chi connectivity index (χ4n) is 4.12. The van der Waals surface area contributed by atoms with Gasteiger partial charge in [0.15, 0.2) is 0 Å². The number of nitrogens with one attached hydrogen (secondary N) is 1. The molecule has 0 heterocycles. The van der Waals surface area contributed by atoms with Gasteiger partial charge >= 0.3 is 11.9 Å². The molecule has 0 saturated heterocycles. The van der Waals surface area contributed by atoms with Gasteiger partial charge < -0.3 is 19.9 Å². The van der Waals surface area contributed by atoms with Crippen molar-refractivity contribution in [1.29, 1.82) is 0 Å². The summed E-state index contributed by atoms with van der Waals surface area (Å²) in [6.45, 7) is 11.1. The average Bonchev–Trinajstić information content (AvgIpc) is 2.86. The Kier molecular flexibility index (Phi) is 9.08. The molecule has 190 valence electrons. The topological polar surface area (TPSA) is 88.1 Å². The van der Waals surface area contributed by atoms with Crippen LogP contribution in [0.15, 0.2) is 60.7 Å². The minimum atomic E-state index is -0.924. The maximum Gasteiger partial charge on any atom is 0.397 e. The summed E-state index contributed by atoms with van der Waals surface area (Å²) in [5.41, 5.74) is 4.04. The first-order chi connectivity index (χ1) is 17.2. The summed E-state index contributed by atoms with van der Waals surface area (Å²) in [5, 5.41) is 13.1. The van der Waals surface area contributed by atoms with Crippen molar-refractivity contribution < 1.29 is 24.2 Å². The number of hydrogen-bond acceptors (Lipinski definition) is 6. The van der Waals surface area contributed by atoms with Gasteiger partial charge in [0.25, 0.3) is 0 Å². The van der Waals surface area contributed by atoms with Crippen molar-refractivity contribution in [2.45, 2.75) is 47.2 Å². The smallest absolute Gasteiger partial charge is 0.397 e. The highest BCUT2D eigenvalue weighted by Gasteiger charge is 2.18. The summed E-state index contributed by atoms with van der Waals surface area (Å²) in [7, 11) is 0. The molecule has 0 saturated carbocycles. The van der Waals surface area contributed by atoms with E-state index in [4.69, 9.17) is 9.47 Å². The third-order valence-electron chi connectivity index (χ3n) is 6.06. The molecule has 3 aromatic rings. The lowest BCUT2D eigenvalue weighted by Crippen LogP contribution is -2.26. The monoisotopic (exact) mass is 490 g/mol. The van der Waals surface area contributed by atoms with Gasteiger partial charge in [-0.3, -0.25) is 9.69 Å². The molecule has 7 nitrogen and oxygen atoms in total. The van der Waals surface area contributed by atoms with E-state index >= 15 is 0 Å². The number of rotatable bonds is 9. The number of benzene rings is 3.